The maximum absolute atomic E-state index is 12.4. The molecule has 0 bridgehead atoms. The third kappa shape index (κ3) is 7.58. The van der Waals surface area contributed by atoms with E-state index in [1.54, 1.807) is 33.3 Å². The van der Waals surface area contributed by atoms with Crippen molar-refractivity contribution in [3.8, 4) is 0 Å². The van der Waals surface area contributed by atoms with Gasteiger partial charge in [-0.25, -0.2) is 8.42 Å². The third-order valence-electron chi connectivity index (χ3n) is 3.01. The van der Waals surface area contributed by atoms with Crippen molar-refractivity contribution in [1.82, 2.24) is 0 Å². The van der Waals surface area contributed by atoms with Crippen molar-refractivity contribution in [3.63, 3.8) is 0 Å². The average Bonchev–Trinajstić information content (AvgIpc) is 2.44. The minimum absolute atomic E-state index is 0.00820. The van der Waals surface area contributed by atoms with Crippen LogP contribution in [0.4, 0.5) is 0 Å². The summed E-state index contributed by atoms with van der Waals surface area (Å²) in [6, 6.07) is 6.12. The van der Waals surface area contributed by atoms with Crippen LogP contribution < -0.4 is 0 Å². The van der Waals surface area contributed by atoms with Gasteiger partial charge in [-0.1, -0.05) is 19.1 Å². The smallest absolute Gasteiger partial charge is 0.338 e. The first-order valence-corrected chi connectivity index (χ1v) is 12.1. The first-order valence-electron chi connectivity index (χ1n) is 7.95. The molecule has 0 atom stereocenters. The van der Waals surface area contributed by atoms with Gasteiger partial charge >= 0.3 is 5.97 Å². The number of carbonyl (C=O) groups is 2. The fraction of sp³-hybridized carbons (Fsp3) is 0.529. The highest BCUT2D eigenvalue weighted by Crippen LogP contribution is 2.43. The van der Waals surface area contributed by atoms with Crippen LogP contribution in [-0.4, -0.2) is 50.3 Å². The van der Waals surface area contributed by atoms with Gasteiger partial charge in [-0.2, -0.15) is 8.42 Å². The van der Waals surface area contributed by atoms with Gasteiger partial charge in [-0.3, -0.25) is 4.79 Å². The number of ketones is 1. The quantitative estimate of drug-likeness (QED) is 0.475. The SMILES string of the molecule is CCCS(=O)(=O)OS(C)(C)CC(=O)c1ccc(C(=O)OC(C)C)cc1. The number of rotatable bonds is 9. The first-order chi connectivity index (χ1) is 11.5. The van der Waals surface area contributed by atoms with E-state index in [-0.39, 0.29) is 23.4 Å². The van der Waals surface area contributed by atoms with Crippen molar-refractivity contribution in [2.45, 2.75) is 33.3 Å². The zero-order valence-corrected chi connectivity index (χ0v) is 16.9. The summed E-state index contributed by atoms with van der Waals surface area (Å²) in [5.41, 5.74) is 0.761. The summed E-state index contributed by atoms with van der Waals surface area (Å²) in [7, 11) is -5.70. The van der Waals surface area contributed by atoms with E-state index in [1.807, 2.05) is 0 Å². The average molecular weight is 391 g/mol. The van der Waals surface area contributed by atoms with E-state index in [0.29, 0.717) is 17.5 Å². The molecular weight excluding hydrogens is 364 g/mol. The van der Waals surface area contributed by atoms with E-state index in [0.717, 1.165) is 0 Å². The lowest BCUT2D eigenvalue weighted by molar-refractivity contribution is 0.0377. The van der Waals surface area contributed by atoms with Crippen LogP contribution >= 0.6 is 10.3 Å². The molecule has 0 heterocycles. The van der Waals surface area contributed by atoms with Crippen molar-refractivity contribution < 1.29 is 26.4 Å². The van der Waals surface area contributed by atoms with Crippen LogP contribution in [0.25, 0.3) is 0 Å². The summed E-state index contributed by atoms with van der Waals surface area (Å²) >= 11 is 0. The Morgan fingerprint density at radius 2 is 1.56 bits per heavy atom. The van der Waals surface area contributed by atoms with Gasteiger partial charge in [0.05, 0.1) is 23.2 Å². The molecule has 0 aliphatic rings. The molecule has 8 heteroatoms. The van der Waals surface area contributed by atoms with Gasteiger partial charge < -0.3 is 4.74 Å². The van der Waals surface area contributed by atoms with Crippen LogP contribution in [-0.2, 0) is 18.5 Å². The fourth-order valence-electron chi connectivity index (χ4n) is 2.06. The summed E-state index contributed by atoms with van der Waals surface area (Å²) in [5.74, 6) is -0.750. The minimum Gasteiger partial charge on any atom is -0.459 e. The van der Waals surface area contributed by atoms with Crippen LogP contribution in [0.2, 0.25) is 0 Å². The van der Waals surface area contributed by atoms with Gasteiger partial charge in [0.1, 0.15) is 0 Å². The molecule has 0 fully saturated rings. The lowest BCUT2D eigenvalue weighted by Crippen LogP contribution is -2.20. The summed E-state index contributed by atoms with van der Waals surface area (Å²) < 4.78 is 33.9. The molecule has 1 aromatic rings. The monoisotopic (exact) mass is 390 g/mol. The number of benzene rings is 1. The molecule has 1 aromatic carbocycles. The number of hydrogen-bond donors (Lipinski definition) is 0. The minimum atomic E-state index is -3.62. The maximum atomic E-state index is 12.4. The van der Waals surface area contributed by atoms with E-state index >= 15 is 0 Å². The van der Waals surface area contributed by atoms with E-state index in [2.05, 4.69) is 0 Å². The molecular formula is C17H26O6S2. The summed E-state index contributed by atoms with van der Waals surface area (Å²) in [4.78, 5) is 24.2. The van der Waals surface area contributed by atoms with Gasteiger partial charge in [-0.15, -0.1) is 10.3 Å². The van der Waals surface area contributed by atoms with Crippen molar-refractivity contribution in [2.24, 2.45) is 0 Å². The molecule has 0 aromatic heterocycles. The molecule has 0 amide bonds. The molecule has 0 unspecified atom stereocenters. The molecule has 6 nitrogen and oxygen atoms in total. The highest BCUT2D eigenvalue weighted by molar-refractivity contribution is 8.32. The molecule has 0 N–H and O–H groups in total. The molecule has 1 rings (SSSR count). The van der Waals surface area contributed by atoms with E-state index in [9.17, 15) is 18.0 Å². The Balaban J connectivity index is 2.78. The molecule has 0 aliphatic carbocycles. The Kier molecular flexibility index (Phi) is 7.64. The largest absolute Gasteiger partial charge is 0.459 e. The zero-order valence-electron chi connectivity index (χ0n) is 15.3. The third-order valence-corrected chi connectivity index (χ3v) is 7.17. The highest BCUT2D eigenvalue weighted by atomic mass is 32.3. The molecule has 0 aliphatic heterocycles. The van der Waals surface area contributed by atoms with Gasteiger partial charge in [0.25, 0.3) is 10.1 Å². The Morgan fingerprint density at radius 3 is 2.04 bits per heavy atom. The van der Waals surface area contributed by atoms with Crippen molar-refractivity contribution in [2.75, 3.05) is 24.0 Å². The second-order valence-electron chi connectivity index (χ2n) is 6.37. The first kappa shape index (κ1) is 21.7. The highest BCUT2D eigenvalue weighted by Gasteiger charge is 2.25. The summed E-state index contributed by atoms with van der Waals surface area (Å²) in [6.45, 7) is 5.26. The second kappa shape index (κ2) is 8.82. The van der Waals surface area contributed by atoms with E-state index in [1.165, 1.54) is 24.3 Å². The van der Waals surface area contributed by atoms with E-state index in [4.69, 9.17) is 8.37 Å². The standard InChI is InChI=1S/C17H26O6S2/c1-6-11-25(20,21)23-24(4,5)12-16(18)14-7-9-15(10-8-14)17(19)22-13(2)3/h7-10,13H,6,11-12H2,1-5H3. The van der Waals surface area contributed by atoms with Gasteiger partial charge in [0, 0.05) is 5.56 Å². The molecule has 142 valence electrons. The normalized spacial score (nSPS) is 12.9. The Morgan fingerprint density at radius 1 is 1.04 bits per heavy atom. The second-order valence-corrected chi connectivity index (χ2v) is 11.6. The summed E-state index contributed by atoms with van der Waals surface area (Å²) in [6.07, 6.45) is 3.53. The van der Waals surface area contributed by atoms with Crippen molar-refractivity contribution in [1.29, 1.82) is 0 Å². The Labute approximate surface area is 151 Å². The van der Waals surface area contributed by atoms with Crippen LogP contribution in [0.3, 0.4) is 0 Å². The van der Waals surface area contributed by atoms with Gasteiger partial charge in [0.15, 0.2) is 5.78 Å². The van der Waals surface area contributed by atoms with Crippen LogP contribution in [0, 0.1) is 0 Å². The predicted molar refractivity (Wildman–Crippen MR) is 101 cm³/mol. The lowest BCUT2D eigenvalue weighted by atomic mass is 10.1. The maximum Gasteiger partial charge on any atom is 0.338 e. The Bertz CT molecular complexity index is 705. The van der Waals surface area contributed by atoms with Crippen LogP contribution in [0.5, 0.6) is 0 Å². The topological polar surface area (TPSA) is 86.7 Å². The van der Waals surface area contributed by atoms with Crippen LogP contribution in [0.1, 0.15) is 47.9 Å². The van der Waals surface area contributed by atoms with E-state index < -0.39 is 26.4 Å². The molecule has 0 saturated heterocycles. The number of Topliss-reactive ketones (excluding diaryl/α,β-unsaturated/α-hetero) is 1. The zero-order chi connectivity index (χ0) is 19.3. The van der Waals surface area contributed by atoms with Crippen molar-refractivity contribution in [3.05, 3.63) is 35.4 Å². The summed E-state index contributed by atoms with van der Waals surface area (Å²) in [5, 5.41) is 0. The molecule has 25 heavy (non-hydrogen) atoms. The lowest BCUT2D eigenvalue weighted by Gasteiger charge is -2.28. The molecule has 0 spiro atoms. The molecule has 0 saturated carbocycles. The van der Waals surface area contributed by atoms with Gasteiger partial charge in [0.2, 0.25) is 0 Å². The molecule has 0 radical (unpaired) electrons. The van der Waals surface area contributed by atoms with Gasteiger partial charge in [-0.05, 0) is 44.9 Å². The predicted octanol–water partition coefficient (Wildman–Crippen LogP) is 3.17. The number of carbonyl (C=O) groups excluding carboxylic acids is 2. The number of esters is 1. The number of hydrogen-bond acceptors (Lipinski definition) is 6. The van der Waals surface area contributed by atoms with Crippen LogP contribution in [0.15, 0.2) is 24.3 Å². The number of ether oxygens (including phenoxy) is 1. The Hall–Kier alpha value is -1.38. The van der Waals surface area contributed by atoms with Crippen molar-refractivity contribution >= 4 is 32.2 Å². The fourth-order valence-corrected chi connectivity index (χ4v) is 6.07.